The highest BCUT2D eigenvalue weighted by Gasteiger charge is 2.21. The molecule has 19 heavy (non-hydrogen) atoms. The monoisotopic (exact) mass is 262 g/mol. The van der Waals surface area contributed by atoms with Gasteiger partial charge in [0.25, 0.3) is 0 Å². The third-order valence-corrected chi connectivity index (χ3v) is 3.83. The van der Waals surface area contributed by atoms with E-state index in [0.717, 1.165) is 32.5 Å². The molecule has 0 saturated carbocycles. The molecule has 3 heteroatoms. The molecule has 1 saturated heterocycles. The molecule has 2 rings (SSSR count). The lowest BCUT2D eigenvalue weighted by molar-refractivity contribution is 0.182. The molecule has 106 valence electrons. The van der Waals surface area contributed by atoms with Crippen LogP contribution in [-0.2, 0) is 6.42 Å². The number of aliphatic hydroxyl groups is 1. The second-order valence-corrected chi connectivity index (χ2v) is 5.61. The largest absolute Gasteiger partial charge is 0.393 e. The summed E-state index contributed by atoms with van der Waals surface area (Å²) in [5, 5.41) is 12.8. The van der Waals surface area contributed by atoms with E-state index in [0.29, 0.717) is 6.04 Å². The van der Waals surface area contributed by atoms with Gasteiger partial charge in [-0.15, -0.1) is 0 Å². The van der Waals surface area contributed by atoms with Crippen molar-refractivity contribution < 1.29 is 5.11 Å². The number of rotatable bonds is 7. The minimum atomic E-state index is -0.192. The first-order chi connectivity index (χ1) is 9.24. The third kappa shape index (κ3) is 5.31. The summed E-state index contributed by atoms with van der Waals surface area (Å²) in [7, 11) is 0. The molecule has 1 fully saturated rings. The summed E-state index contributed by atoms with van der Waals surface area (Å²) >= 11 is 0. The Morgan fingerprint density at radius 3 is 2.89 bits per heavy atom. The van der Waals surface area contributed by atoms with E-state index in [4.69, 9.17) is 0 Å². The molecule has 2 N–H and O–H groups in total. The van der Waals surface area contributed by atoms with E-state index in [9.17, 15) is 5.11 Å². The van der Waals surface area contributed by atoms with Gasteiger partial charge in [0.15, 0.2) is 0 Å². The van der Waals surface area contributed by atoms with E-state index in [1.807, 2.05) is 6.92 Å². The summed E-state index contributed by atoms with van der Waals surface area (Å²) in [6.45, 7) is 6.27. The van der Waals surface area contributed by atoms with Crippen molar-refractivity contribution in [3.05, 3.63) is 35.9 Å². The summed E-state index contributed by atoms with van der Waals surface area (Å²) in [5.41, 5.74) is 1.42. The zero-order chi connectivity index (χ0) is 13.5. The van der Waals surface area contributed by atoms with Gasteiger partial charge < -0.3 is 15.3 Å². The van der Waals surface area contributed by atoms with Gasteiger partial charge in [0.1, 0.15) is 0 Å². The quantitative estimate of drug-likeness (QED) is 0.784. The Labute approximate surface area is 116 Å². The van der Waals surface area contributed by atoms with E-state index in [2.05, 4.69) is 40.5 Å². The molecule has 0 bridgehead atoms. The Kier molecular flexibility index (Phi) is 5.83. The van der Waals surface area contributed by atoms with Crippen LogP contribution in [0.1, 0.15) is 25.3 Å². The van der Waals surface area contributed by atoms with Gasteiger partial charge in [-0.2, -0.15) is 0 Å². The van der Waals surface area contributed by atoms with Crippen molar-refractivity contribution in [2.24, 2.45) is 0 Å². The van der Waals surface area contributed by atoms with Crippen molar-refractivity contribution >= 4 is 0 Å². The van der Waals surface area contributed by atoms with Crippen molar-refractivity contribution in [1.29, 1.82) is 0 Å². The van der Waals surface area contributed by atoms with Crippen LogP contribution in [0.15, 0.2) is 30.3 Å². The van der Waals surface area contributed by atoms with Crippen LogP contribution < -0.4 is 5.32 Å². The van der Waals surface area contributed by atoms with Gasteiger partial charge in [0, 0.05) is 19.1 Å². The third-order valence-electron chi connectivity index (χ3n) is 3.83. The fourth-order valence-corrected chi connectivity index (χ4v) is 2.63. The number of hydrogen-bond acceptors (Lipinski definition) is 3. The molecule has 0 aliphatic carbocycles. The highest BCUT2D eigenvalue weighted by atomic mass is 16.3. The molecule has 1 aromatic rings. The number of aliphatic hydroxyl groups excluding tert-OH is 1. The standard InChI is InChI=1S/C16H26N2O/c1-14(19)7-10-17-16-9-12-18(13-16)11-8-15-5-3-2-4-6-15/h2-6,14,16-17,19H,7-13H2,1H3. The zero-order valence-corrected chi connectivity index (χ0v) is 11.9. The van der Waals surface area contributed by atoms with Crippen molar-refractivity contribution in [1.82, 2.24) is 10.2 Å². The maximum atomic E-state index is 9.24. The summed E-state index contributed by atoms with van der Waals surface area (Å²) < 4.78 is 0. The molecule has 1 aliphatic rings. The lowest BCUT2D eigenvalue weighted by Gasteiger charge is -2.17. The van der Waals surface area contributed by atoms with Crippen molar-refractivity contribution in [2.75, 3.05) is 26.2 Å². The molecule has 1 aromatic carbocycles. The van der Waals surface area contributed by atoms with Crippen LogP contribution in [0.5, 0.6) is 0 Å². The van der Waals surface area contributed by atoms with Crippen LogP contribution >= 0.6 is 0 Å². The average Bonchev–Trinajstić information content (AvgIpc) is 2.85. The Bertz CT molecular complexity index is 353. The predicted molar refractivity (Wildman–Crippen MR) is 79.3 cm³/mol. The molecule has 0 amide bonds. The lowest BCUT2D eigenvalue weighted by atomic mass is 10.1. The van der Waals surface area contributed by atoms with Gasteiger partial charge in [-0.1, -0.05) is 30.3 Å². The fourth-order valence-electron chi connectivity index (χ4n) is 2.63. The molecule has 0 aromatic heterocycles. The van der Waals surface area contributed by atoms with Gasteiger partial charge >= 0.3 is 0 Å². The first-order valence-electron chi connectivity index (χ1n) is 7.42. The molecular formula is C16H26N2O. The van der Waals surface area contributed by atoms with E-state index >= 15 is 0 Å². The molecule has 1 heterocycles. The van der Waals surface area contributed by atoms with E-state index in [1.165, 1.54) is 18.5 Å². The van der Waals surface area contributed by atoms with Crippen LogP contribution in [0.2, 0.25) is 0 Å². The van der Waals surface area contributed by atoms with Crippen LogP contribution in [0.4, 0.5) is 0 Å². The minimum Gasteiger partial charge on any atom is -0.393 e. The molecule has 2 atom stereocenters. The Balaban J connectivity index is 1.62. The number of hydrogen-bond donors (Lipinski definition) is 2. The lowest BCUT2D eigenvalue weighted by Crippen LogP contribution is -2.34. The molecule has 3 nitrogen and oxygen atoms in total. The van der Waals surface area contributed by atoms with Gasteiger partial charge in [0.2, 0.25) is 0 Å². The van der Waals surface area contributed by atoms with E-state index in [-0.39, 0.29) is 6.10 Å². The van der Waals surface area contributed by atoms with Gasteiger partial charge in [-0.05, 0) is 44.8 Å². The van der Waals surface area contributed by atoms with Gasteiger partial charge in [-0.25, -0.2) is 0 Å². The van der Waals surface area contributed by atoms with Gasteiger partial charge in [0.05, 0.1) is 6.10 Å². The molecular weight excluding hydrogens is 236 g/mol. The number of nitrogens with zero attached hydrogens (tertiary/aromatic N) is 1. The summed E-state index contributed by atoms with van der Waals surface area (Å²) in [5.74, 6) is 0. The zero-order valence-electron chi connectivity index (χ0n) is 11.9. The fraction of sp³-hybridized carbons (Fsp3) is 0.625. The van der Waals surface area contributed by atoms with E-state index in [1.54, 1.807) is 0 Å². The highest BCUT2D eigenvalue weighted by molar-refractivity contribution is 5.14. The summed E-state index contributed by atoms with van der Waals surface area (Å²) in [6.07, 6.45) is 3.03. The van der Waals surface area contributed by atoms with Gasteiger partial charge in [-0.3, -0.25) is 0 Å². The molecule has 0 radical (unpaired) electrons. The maximum Gasteiger partial charge on any atom is 0.0524 e. The molecule has 1 aliphatic heterocycles. The summed E-state index contributed by atoms with van der Waals surface area (Å²) in [4.78, 5) is 2.53. The predicted octanol–water partition coefficient (Wildman–Crippen LogP) is 1.66. The Hall–Kier alpha value is -0.900. The normalized spacial score (nSPS) is 21.7. The first-order valence-corrected chi connectivity index (χ1v) is 7.42. The second-order valence-electron chi connectivity index (χ2n) is 5.61. The van der Waals surface area contributed by atoms with Crippen LogP contribution in [0.25, 0.3) is 0 Å². The number of nitrogens with one attached hydrogen (secondary N) is 1. The topological polar surface area (TPSA) is 35.5 Å². The van der Waals surface area contributed by atoms with Crippen LogP contribution in [-0.4, -0.2) is 48.3 Å². The highest BCUT2D eigenvalue weighted by Crippen LogP contribution is 2.10. The Morgan fingerprint density at radius 2 is 2.16 bits per heavy atom. The molecule has 2 unspecified atom stereocenters. The minimum absolute atomic E-state index is 0.192. The number of likely N-dealkylation sites (tertiary alicyclic amines) is 1. The van der Waals surface area contributed by atoms with Crippen LogP contribution in [0.3, 0.4) is 0 Å². The smallest absolute Gasteiger partial charge is 0.0524 e. The first kappa shape index (κ1) is 14.5. The maximum absolute atomic E-state index is 9.24. The van der Waals surface area contributed by atoms with Crippen molar-refractivity contribution in [3.8, 4) is 0 Å². The molecule has 0 spiro atoms. The van der Waals surface area contributed by atoms with E-state index < -0.39 is 0 Å². The van der Waals surface area contributed by atoms with Crippen molar-refractivity contribution in [2.45, 2.75) is 38.3 Å². The summed E-state index contributed by atoms with van der Waals surface area (Å²) in [6, 6.07) is 11.3. The Morgan fingerprint density at radius 1 is 1.37 bits per heavy atom. The van der Waals surface area contributed by atoms with Crippen LogP contribution in [0, 0.1) is 0 Å². The SMILES string of the molecule is CC(O)CCNC1CCN(CCc2ccccc2)C1. The average molecular weight is 262 g/mol. The van der Waals surface area contributed by atoms with Crippen molar-refractivity contribution in [3.63, 3.8) is 0 Å². The second kappa shape index (κ2) is 7.63. The number of benzene rings is 1.